The predicted octanol–water partition coefficient (Wildman–Crippen LogP) is 5.80. The number of hydrogen-bond donors (Lipinski definition) is 2. The Morgan fingerprint density at radius 3 is 2.62 bits per heavy atom. The number of halogens is 2. The molecule has 0 radical (unpaired) electrons. The van der Waals surface area contributed by atoms with Gasteiger partial charge in [0.1, 0.15) is 5.82 Å². The standard InChI is InChI=1S/C19H19Cl2N5/c1-3-12(2)23-19-25-17(15-6-4-5-9-22-15)11-18(26-19)24-16-10-13(20)7-8-14(16)21/h4-12H,3H2,1-2H3,(H2,23,24,25,26)/t12-/m1/s1. The number of anilines is 3. The topological polar surface area (TPSA) is 62.7 Å². The molecule has 7 heteroatoms. The molecule has 2 aromatic heterocycles. The van der Waals surface area contributed by atoms with Gasteiger partial charge in [-0.25, -0.2) is 4.98 Å². The highest BCUT2D eigenvalue weighted by atomic mass is 35.5. The Bertz CT molecular complexity index is 886. The van der Waals surface area contributed by atoms with Gasteiger partial charge in [0.25, 0.3) is 0 Å². The fourth-order valence-electron chi connectivity index (χ4n) is 2.28. The number of hydrogen-bond acceptors (Lipinski definition) is 5. The fraction of sp³-hybridized carbons (Fsp3) is 0.211. The molecule has 134 valence electrons. The Kier molecular flexibility index (Phi) is 5.91. The van der Waals surface area contributed by atoms with Crippen LogP contribution in [-0.4, -0.2) is 21.0 Å². The maximum Gasteiger partial charge on any atom is 0.225 e. The fourth-order valence-corrected chi connectivity index (χ4v) is 2.61. The Hall–Kier alpha value is -2.37. The molecule has 2 N–H and O–H groups in total. The Balaban J connectivity index is 2.00. The zero-order valence-corrected chi connectivity index (χ0v) is 16.0. The molecule has 2 heterocycles. The highest BCUT2D eigenvalue weighted by Gasteiger charge is 2.11. The van der Waals surface area contributed by atoms with E-state index in [9.17, 15) is 0 Å². The molecule has 0 aliphatic carbocycles. The van der Waals surface area contributed by atoms with Crippen LogP contribution >= 0.6 is 23.2 Å². The lowest BCUT2D eigenvalue weighted by Crippen LogP contribution is -2.16. The SMILES string of the molecule is CC[C@@H](C)Nc1nc(Nc2cc(Cl)ccc2Cl)cc(-c2ccccn2)n1. The van der Waals surface area contributed by atoms with Gasteiger partial charge in [-0.05, 0) is 43.7 Å². The van der Waals surface area contributed by atoms with E-state index in [-0.39, 0.29) is 6.04 Å². The van der Waals surface area contributed by atoms with E-state index in [0.717, 1.165) is 12.1 Å². The number of aromatic nitrogens is 3. The monoisotopic (exact) mass is 387 g/mol. The Morgan fingerprint density at radius 2 is 1.88 bits per heavy atom. The van der Waals surface area contributed by atoms with Gasteiger partial charge in [0.2, 0.25) is 5.95 Å². The van der Waals surface area contributed by atoms with E-state index in [4.69, 9.17) is 23.2 Å². The molecule has 3 rings (SSSR count). The first kappa shape index (κ1) is 18.4. The third-order valence-corrected chi connectivity index (χ3v) is 4.40. The summed E-state index contributed by atoms with van der Waals surface area (Å²) in [6.45, 7) is 4.18. The van der Waals surface area contributed by atoms with Crippen LogP contribution in [0.15, 0.2) is 48.7 Å². The van der Waals surface area contributed by atoms with Crippen LogP contribution in [0.2, 0.25) is 10.0 Å². The minimum absolute atomic E-state index is 0.247. The first-order valence-corrected chi connectivity index (χ1v) is 9.10. The van der Waals surface area contributed by atoms with E-state index in [1.807, 2.05) is 24.3 Å². The lowest BCUT2D eigenvalue weighted by molar-refractivity contribution is 0.753. The lowest BCUT2D eigenvalue weighted by atomic mass is 10.2. The smallest absolute Gasteiger partial charge is 0.225 e. The molecule has 1 atom stereocenters. The van der Waals surface area contributed by atoms with Crippen LogP contribution in [0.25, 0.3) is 11.4 Å². The third kappa shape index (κ3) is 4.62. The number of nitrogens with zero attached hydrogens (tertiary/aromatic N) is 3. The van der Waals surface area contributed by atoms with Crippen molar-refractivity contribution in [2.24, 2.45) is 0 Å². The van der Waals surface area contributed by atoms with Gasteiger partial charge < -0.3 is 10.6 Å². The average Bonchev–Trinajstić information content (AvgIpc) is 2.65. The van der Waals surface area contributed by atoms with Crippen LogP contribution in [0.4, 0.5) is 17.5 Å². The molecule has 3 aromatic rings. The second-order valence-corrected chi connectivity index (χ2v) is 6.72. The number of nitrogens with one attached hydrogen (secondary N) is 2. The van der Waals surface area contributed by atoms with Gasteiger partial charge in [-0.15, -0.1) is 0 Å². The predicted molar refractivity (Wildman–Crippen MR) is 108 cm³/mol. The lowest BCUT2D eigenvalue weighted by Gasteiger charge is -2.15. The molecule has 0 saturated heterocycles. The molecule has 5 nitrogen and oxygen atoms in total. The maximum atomic E-state index is 6.26. The first-order chi connectivity index (χ1) is 12.5. The van der Waals surface area contributed by atoms with E-state index in [0.29, 0.717) is 33.2 Å². The zero-order valence-electron chi connectivity index (χ0n) is 14.5. The molecule has 0 aliphatic heterocycles. The van der Waals surface area contributed by atoms with E-state index < -0.39 is 0 Å². The normalized spacial score (nSPS) is 11.8. The summed E-state index contributed by atoms with van der Waals surface area (Å²) in [4.78, 5) is 13.5. The van der Waals surface area contributed by atoms with E-state index in [1.165, 1.54) is 0 Å². The highest BCUT2D eigenvalue weighted by Crippen LogP contribution is 2.29. The molecule has 0 aliphatic rings. The molecule has 0 unspecified atom stereocenters. The summed E-state index contributed by atoms with van der Waals surface area (Å²) in [6, 6.07) is 13.0. The molecule has 26 heavy (non-hydrogen) atoms. The van der Waals surface area contributed by atoms with Crippen molar-refractivity contribution < 1.29 is 0 Å². The molecular formula is C19H19Cl2N5. The summed E-state index contributed by atoms with van der Waals surface area (Å²) >= 11 is 12.3. The van der Waals surface area contributed by atoms with Crippen LogP contribution < -0.4 is 10.6 Å². The van der Waals surface area contributed by atoms with Gasteiger partial charge in [0.15, 0.2) is 0 Å². The van der Waals surface area contributed by atoms with Gasteiger partial charge in [0, 0.05) is 23.3 Å². The van der Waals surface area contributed by atoms with Crippen molar-refractivity contribution in [3.8, 4) is 11.4 Å². The molecule has 0 saturated carbocycles. The number of rotatable bonds is 6. The van der Waals surface area contributed by atoms with Crippen molar-refractivity contribution in [3.05, 3.63) is 58.7 Å². The average molecular weight is 388 g/mol. The van der Waals surface area contributed by atoms with Crippen LogP contribution in [0.1, 0.15) is 20.3 Å². The zero-order chi connectivity index (χ0) is 18.5. The van der Waals surface area contributed by atoms with Gasteiger partial charge in [-0.3, -0.25) is 4.98 Å². The van der Waals surface area contributed by atoms with Crippen molar-refractivity contribution >= 4 is 40.7 Å². The van der Waals surface area contributed by atoms with E-state index >= 15 is 0 Å². The minimum Gasteiger partial charge on any atom is -0.352 e. The molecule has 0 amide bonds. The summed E-state index contributed by atoms with van der Waals surface area (Å²) in [5.74, 6) is 1.14. The van der Waals surface area contributed by atoms with Gasteiger partial charge in [-0.1, -0.05) is 36.2 Å². The molecule has 0 bridgehead atoms. The highest BCUT2D eigenvalue weighted by molar-refractivity contribution is 6.35. The minimum atomic E-state index is 0.247. The summed E-state index contributed by atoms with van der Waals surface area (Å²) < 4.78 is 0. The number of pyridine rings is 1. The summed E-state index contributed by atoms with van der Waals surface area (Å²) in [5, 5.41) is 7.68. The van der Waals surface area contributed by atoms with Gasteiger partial charge >= 0.3 is 0 Å². The molecule has 1 aromatic carbocycles. The first-order valence-electron chi connectivity index (χ1n) is 8.34. The van der Waals surface area contributed by atoms with Crippen molar-refractivity contribution in [2.75, 3.05) is 10.6 Å². The molecule has 0 fully saturated rings. The second-order valence-electron chi connectivity index (χ2n) is 5.88. The van der Waals surface area contributed by atoms with Crippen LogP contribution in [0.5, 0.6) is 0 Å². The summed E-state index contributed by atoms with van der Waals surface area (Å²) in [5.41, 5.74) is 2.16. The Labute approximate surface area is 162 Å². The maximum absolute atomic E-state index is 6.26. The summed E-state index contributed by atoms with van der Waals surface area (Å²) in [6.07, 6.45) is 2.69. The van der Waals surface area contributed by atoms with Gasteiger partial charge in [-0.2, -0.15) is 4.98 Å². The number of benzene rings is 1. The second kappa shape index (κ2) is 8.34. The van der Waals surface area contributed by atoms with Crippen molar-refractivity contribution in [2.45, 2.75) is 26.3 Å². The van der Waals surface area contributed by atoms with Crippen LogP contribution in [-0.2, 0) is 0 Å². The molecule has 0 spiro atoms. The third-order valence-electron chi connectivity index (χ3n) is 3.83. The van der Waals surface area contributed by atoms with Crippen molar-refractivity contribution in [1.82, 2.24) is 15.0 Å². The summed E-state index contributed by atoms with van der Waals surface area (Å²) in [7, 11) is 0. The quantitative estimate of drug-likeness (QED) is 0.559. The van der Waals surface area contributed by atoms with E-state index in [1.54, 1.807) is 24.4 Å². The van der Waals surface area contributed by atoms with E-state index in [2.05, 4.69) is 39.4 Å². The van der Waals surface area contributed by atoms with Gasteiger partial charge in [0.05, 0.1) is 22.1 Å². The van der Waals surface area contributed by atoms with Crippen molar-refractivity contribution in [1.29, 1.82) is 0 Å². The molecular weight excluding hydrogens is 369 g/mol. The van der Waals surface area contributed by atoms with Crippen LogP contribution in [0, 0.1) is 0 Å². The largest absolute Gasteiger partial charge is 0.352 e. The van der Waals surface area contributed by atoms with Crippen molar-refractivity contribution in [3.63, 3.8) is 0 Å². The Morgan fingerprint density at radius 1 is 1.04 bits per heavy atom. The van der Waals surface area contributed by atoms with Crippen LogP contribution in [0.3, 0.4) is 0 Å².